The van der Waals surface area contributed by atoms with Crippen molar-refractivity contribution in [3.8, 4) is 11.5 Å². The predicted molar refractivity (Wildman–Crippen MR) is 108 cm³/mol. The van der Waals surface area contributed by atoms with E-state index in [0.717, 1.165) is 23.4 Å². The van der Waals surface area contributed by atoms with Gasteiger partial charge in [0.15, 0.2) is 6.61 Å². The molecule has 0 fully saturated rings. The van der Waals surface area contributed by atoms with Crippen LogP contribution in [-0.2, 0) is 4.79 Å². The molecule has 0 unspecified atom stereocenters. The van der Waals surface area contributed by atoms with Crippen LogP contribution in [-0.4, -0.2) is 33.7 Å². The van der Waals surface area contributed by atoms with Crippen LogP contribution in [0.3, 0.4) is 0 Å². The third-order valence-electron chi connectivity index (χ3n) is 4.14. The molecule has 0 aliphatic carbocycles. The number of aromatic hydroxyl groups is 1. The quantitative estimate of drug-likeness (QED) is 0.380. The molecule has 0 radical (unpaired) electrons. The van der Waals surface area contributed by atoms with E-state index in [2.05, 4.69) is 10.5 Å². The van der Waals surface area contributed by atoms with E-state index in [4.69, 9.17) is 4.74 Å². The average molecular weight is 416 g/mol. The number of ether oxygens (including phenoxy) is 1. The van der Waals surface area contributed by atoms with Gasteiger partial charge in [0.1, 0.15) is 5.75 Å². The van der Waals surface area contributed by atoms with Gasteiger partial charge >= 0.3 is 5.69 Å². The molecule has 0 aliphatic heterocycles. The van der Waals surface area contributed by atoms with Crippen LogP contribution >= 0.6 is 0 Å². The van der Waals surface area contributed by atoms with Crippen molar-refractivity contribution < 1.29 is 24.5 Å². The summed E-state index contributed by atoms with van der Waals surface area (Å²) in [5.41, 5.74) is 2.30. The van der Waals surface area contributed by atoms with E-state index in [1.807, 2.05) is 39.0 Å². The highest BCUT2D eigenvalue weighted by Crippen LogP contribution is 2.33. The van der Waals surface area contributed by atoms with Gasteiger partial charge in [0.25, 0.3) is 11.6 Å². The molecule has 0 saturated heterocycles. The first-order valence-electron chi connectivity index (χ1n) is 8.81. The van der Waals surface area contributed by atoms with Crippen molar-refractivity contribution in [3.63, 3.8) is 0 Å². The first-order valence-corrected chi connectivity index (χ1v) is 8.81. The monoisotopic (exact) mass is 416 g/mol. The third kappa shape index (κ3) is 5.50. The molecule has 1 amide bonds. The summed E-state index contributed by atoms with van der Waals surface area (Å²) in [6, 6.07) is 7.24. The average Bonchev–Trinajstić information content (AvgIpc) is 2.67. The molecule has 158 valence electrons. The van der Waals surface area contributed by atoms with Crippen LogP contribution in [0.25, 0.3) is 0 Å². The first kappa shape index (κ1) is 22.3. The third-order valence-corrected chi connectivity index (χ3v) is 4.14. The van der Waals surface area contributed by atoms with Crippen molar-refractivity contribution in [2.45, 2.75) is 26.7 Å². The molecule has 2 N–H and O–H groups in total. The number of phenols is 1. The minimum Gasteiger partial charge on any atom is -0.502 e. The molecule has 11 nitrogen and oxygen atoms in total. The number of nitro benzene ring substituents is 2. The largest absolute Gasteiger partial charge is 0.502 e. The fourth-order valence-corrected chi connectivity index (χ4v) is 2.45. The van der Waals surface area contributed by atoms with Gasteiger partial charge in [-0.2, -0.15) is 5.10 Å². The highest BCUT2D eigenvalue weighted by molar-refractivity contribution is 5.88. The van der Waals surface area contributed by atoms with Crippen LogP contribution in [0.5, 0.6) is 11.5 Å². The van der Waals surface area contributed by atoms with Gasteiger partial charge in [-0.05, 0) is 30.0 Å². The second kappa shape index (κ2) is 9.45. The standard InChI is InChI=1S/C19H20N4O7/c1-11(2)13-5-4-12(3)17(7-13)30-10-18(24)21-20-9-14-6-15(22(26)27)8-16(19(14)25)23(28)29/h4-9,11,25H,10H2,1-3H3,(H,21,24)/b20-9+. The van der Waals surface area contributed by atoms with Gasteiger partial charge in [0, 0.05) is 6.07 Å². The number of phenolic OH excluding ortho intramolecular Hbond substituents is 1. The number of nitrogens with zero attached hydrogens (tertiary/aromatic N) is 3. The second-order valence-electron chi connectivity index (χ2n) is 6.68. The second-order valence-corrected chi connectivity index (χ2v) is 6.68. The van der Waals surface area contributed by atoms with Crippen LogP contribution in [0.1, 0.15) is 36.5 Å². The van der Waals surface area contributed by atoms with Crippen molar-refractivity contribution in [1.29, 1.82) is 0 Å². The van der Waals surface area contributed by atoms with E-state index in [1.165, 1.54) is 0 Å². The van der Waals surface area contributed by atoms with Gasteiger partial charge in [-0.3, -0.25) is 25.0 Å². The number of non-ortho nitro benzene ring substituents is 1. The molecule has 2 aromatic rings. The normalized spacial score (nSPS) is 10.9. The number of hydrogen-bond donors (Lipinski definition) is 2. The number of rotatable bonds is 8. The maximum absolute atomic E-state index is 11.9. The van der Waals surface area contributed by atoms with E-state index in [9.17, 15) is 30.1 Å². The first-order chi connectivity index (χ1) is 14.1. The van der Waals surface area contributed by atoms with Crippen molar-refractivity contribution in [3.05, 3.63) is 67.3 Å². The highest BCUT2D eigenvalue weighted by atomic mass is 16.6. The number of amides is 1. The Bertz CT molecular complexity index is 1020. The van der Waals surface area contributed by atoms with Gasteiger partial charge in [-0.25, -0.2) is 5.43 Å². The molecule has 0 bridgehead atoms. The zero-order valence-electron chi connectivity index (χ0n) is 16.5. The summed E-state index contributed by atoms with van der Waals surface area (Å²) in [6.07, 6.45) is 0.873. The summed E-state index contributed by atoms with van der Waals surface area (Å²) in [7, 11) is 0. The van der Waals surface area contributed by atoms with Crippen LogP contribution in [0.4, 0.5) is 11.4 Å². The summed E-state index contributed by atoms with van der Waals surface area (Å²) in [5, 5.41) is 35.3. The van der Waals surface area contributed by atoms with E-state index in [-0.39, 0.29) is 18.1 Å². The number of carbonyl (C=O) groups is 1. The van der Waals surface area contributed by atoms with Crippen LogP contribution < -0.4 is 10.2 Å². The maximum Gasteiger partial charge on any atom is 0.318 e. The Morgan fingerprint density at radius 3 is 2.53 bits per heavy atom. The van der Waals surface area contributed by atoms with Crippen molar-refractivity contribution in [1.82, 2.24) is 5.43 Å². The topological polar surface area (TPSA) is 157 Å². The Morgan fingerprint density at radius 1 is 1.23 bits per heavy atom. The smallest absolute Gasteiger partial charge is 0.318 e. The molecule has 0 spiro atoms. The Morgan fingerprint density at radius 2 is 1.93 bits per heavy atom. The zero-order valence-corrected chi connectivity index (χ0v) is 16.5. The van der Waals surface area contributed by atoms with Crippen LogP contribution in [0.2, 0.25) is 0 Å². The number of benzene rings is 2. The molecular weight excluding hydrogens is 396 g/mol. The Kier molecular flexibility index (Phi) is 7.02. The SMILES string of the molecule is Cc1ccc(C(C)C)cc1OCC(=O)N/N=C/c1cc([N+](=O)[O-])cc([N+](=O)[O-])c1O. The summed E-state index contributed by atoms with van der Waals surface area (Å²) in [4.78, 5) is 32.0. The molecule has 0 aromatic heterocycles. The molecule has 30 heavy (non-hydrogen) atoms. The molecular formula is C19H20N4O7. The van der Waals surface area contributed by atoms with E-state index < -0.39 is 32.9 Å². The molecule has 2 rings (SSSR count). The highest BCUT2D eigenvalue weighted by Gasteiger charge is 2.23. The van der Waals surface area contributed by atoms with E-state index in [0.29, 0.717) is 11.8 Å². The van der Waals surface area contributed by atoms with Crippen LogP contribution in [0, 0.1) is 27.2 Å². The van der Waals surface area contributed by atoms with Gasteiger partial charge in [0.2, 0.25) is 5.75 Å². The lowest BCUT2D eigenvalue weighted by atomic mass is 10.0. The van der Waals surface area contributed by atoms with Crippen molar-refractivity contribution >= 4 is 23.5 Å². The van der Waals surface area contributed by atoms with E-state index >= 15 is 0 Å². The van der Waals surface area contributed by atoms with Crippen LogP contribution in [0.15, 0.2) is 35.4 Å². The van der Waals surface area contributed by atoms with Crippen molar-refractivity contribution in [2.24, 2.45) is 5.10 Å². The lowest BCUT2D eigenvalue weighted by Gasteiger charge is -2.12. The predicted octanol–water partition coefficient (Wildman–Crippen LogP) is 3.17. The number of nitro groups is 2. The number of nitrogens with one attached hydrogen (secondary N) is 1. The lowest BCUT2D eigenvalue weighted by molar-refractivity contribution is -0.394. The Labute approximate surface area is 171 Å². The zero-order chi connectivity index (χ0) is 22.4. The van der Waals surface area contributed by atoms with Crippen molar-refractivity contribution in [2.75, 3.05) is 6.61 Å². The fraction of sp³-hybridized carbons (Fsp3) is 0.263. The van der Waals surface area contributed by atoms with Gasteiger partial charge < -0.3 is 9.84 Å². The number of carbonyl (C=O) groups excluding carboxylic acids is 1. The lowest BCUT2D eigenvalue weighted by Crippen LogP contribution is -2.24. The number of hydrogen-bond acceptors (Lipinski definition) is 8. The Hall–Kier alpha value is -4.02. The van der Waals surface area contributed by atoms with E-state index in [1.54, 1.807) is 0 Å². The summed E-state index contributed by atoms with van der Waals surface area (Å²) < 4.78 is 5.50. The van der Waals surface area contributed by atoms with Gasteiger partial charge in [-0.1, -0.05) is 26.0 Å². The fourth-order valence-electron chi connectivity index (χ4n) is 2.45. The minimum atomic E-state index is -0.959. The summed E-state index contributed by atoms with van der Waals surface area (Å²) in [6.45, 7) is 5.56. The molecule has 0 saturated carbocycles. The van der Waals surface area contributed by atoms with Gasteiger partial charge in [0.05, 0.1) is 27.7 Å². The summed E-state index contributed by atoms with van der Waals surface area (Å²) >= 11 is 0. The Balaban J connectivity index is 2.07. The molecule has 2 aromatic carbocycles. The molecule has 0 atom stereocenters. The van der Waals surface area contributed by atoms with Gasteiger partial charge in [-0.15, -0.1) is 0 Å². The number of aryl methyl sites for hydroxylation is 1. The molecule has 0 heterocycles. The maximum atomic E-state index is 11.9. The molecule has 0 aliphatic rings. The summed E-state index contributed by atoms with van der Waals surface area (Å²) in [5.74, 6) is -0.591. The molecule has 11 heteroatoms. The number of hydrazone groups is 1. The minimum absolute atomic E-state index is 0.290.